The summed E-state index contributed by atoms with van der Waals surface area (Å²) in [5.74, 6) is -1.20. The van der Waals surface area contributed by atoms with E-state index in [2.05, 4.69) is 29.6 Å². The number of amides is 2. The first-order valence-electron chi connectivity index (χ1n) is 12.0. The second-order valence-electron chi connectivity index (χ2n) is 9.37. The summed E-state index contributed by atoms with van der Waals surface area (Å²) in [5, 5.41) is 12.0. The molecular formula is C27H32N2O5. The Bertz CT molecular complexity index is 1010. The van der Waals surface area contributed by atoms with Crippen molar-refractivity contribution in [3.8, 4) is 11.1 Å². The molecule has 0 radical (unpaired) electrons. The molecule has 2 aliphatic rings. The number of benzene rings is 2. The summed E-state index contributed by atoms with van der Waals surface area (Å²) >= 11 is 0. The summed E-state index contributed by atoms with van der Waals surface area (Å²) in [7, 11) is 0. The predicted molar refractivity (Wildman–Crippen MR) is 128 cm³/mol. The van der Waals surface area contributed by atoms with Crippen molar-refractivity contribution in [3.05, 3.63) is 59.7 Å². The summed E-state index contributed by atoms with van der Waals surface area (Å²) in [6.07, 6.45) is 1.86. The number of nitrogens with zero attached hydrogens (tertiary/aromatic N) is 1. The van der Waals surface area contributed by atoms with Crippen molar-refractivity contribution < 1.29 is 24.2 Å². The number of rotatable bonds is 8. The molecule has 2 unspecified atom stereocenters. The number of carbonyl (C=O) groups excluding carboxylic acids is 2. The normalized spacial score (nSPS) is 18.0. The molecule has 1 aliphatic carbocycles. The second-order valence-corrected chi connectivity index (χ2v) is 9.37. The van der Waals surface area contributed by atoms with Crippen LogP contribution in [0.5, 0.6) is 0 Å². The Labute approximate surface area is 200 Å². The largest absolute Gasteiger partial charge is 0.481 e. The van der Waals surface area contributed by atoms with Crippen molar-refractivity contribution in [1.82, 2.24) is 10.2 Å². The fourth-order valence-electron chi connectivity index (χ4n) is 4.94. The van der Waals surface area contributed by atoms with Crippen LogP contribution in [0.3, 0.4) is 0 Å². The monoisotopic (exact) mass is 464 g/mol. The van der Waals surface area contributed by atoms with Gasteiger partial charge in [-0.3, -0.25) is 9.59 Å². The molecule has 180 valence electrons. The molecule has 2 atom stereocenters. The van der Waals surface area contributed by atoms with E-state index >= 15 is 0 Å². The summed E-state index contributed by atoms with van der Waals surface area (Å²) < 4.78 is 5.56. The topological polar surface area (TPSA) is 95.9 Å². The third-order valence-electron chi connectivity index (χ3n) is 6.91. The van der Waals surface area contributed by atoms with E-state index in [9.17, 15) is 19.5 Å². The van der Waals surface area contributed by atoms with Crippen LogP contribution in [0.25, 0.3) is 11.1 Å². The van der Waals surface area contributed by atoms with Gasteiger partial charge in [-0.25, -0.2) is 4.79 Å². The molecule has 2 amide bonds. The minimum Gasteiger partial charge on any atom is -0.481 e. The van der Waals surface area contributed by atoms with Crippen LogP contribution < -0.4 is 5.32 Å². The van der Waals surface area contributed by atoms with Gasteiger partial charge in [-0.05, 0) is 47.4 Å². The van der Waals surface area contributed by atoms with Gasteiger partial charge in [0.1, 0.15) is 6.61 Å². The molecule has 1 saturated heterocycles. The van der Waals surface area contributed by atoms with Gasteiger partial charge in [0.2, 0.25) is 5.91 Å². The zero-order valence-corrected chi connectivity index (χ0v) is 19.5. The molecule has 7 nitrogen and oxygen atoms in total. The van der Waals surface area contributed by atoms with E-state index in [1.807, 2.05) is 31.2 Å². The molecule has 0 spiro atoms. The summed E-state index contributed by atoms with van der Waals surface area (Å²) in [6, 6.07) is 16.4. The smallest absolute Gasteiger partial charge is 0.407 e. The fourth-order valence-corrected chi connectivity index (χ4v) is 4.94. The summed E-state index contributed by atoms with van der Waals surface area (Å²) in [6.45, 7) is 3.58. The fraction of sp³-hybridized carbons (Fsp3) is 0.444. The molecule has 1 heterocycles. The Morgan fingerprint density at radius 3 is 2.38 bits per heavy atom. The minimum absolute atomic E-state index is 0.0149. The number of carboxylic acid groups (broad SMARTS) is 1. The van der Waals surface area contributed by atoms with Crippen molar-refractivity contribution >= 4 is 18.0 Å². The van der Waals surface area contributed by atoms with E-state index in [0.29, 0.717) is 38.9 Å². The van der Waals surface area contributed by atoms with Gasteiger partial charge >= 0.3 is 12.1 Å². The SMILES string of the molecule is CC(CCC(=O)N1CCCC(C(=O)O)C1)CNC(=O)OCC1c2ccccc2-c2ccccc21. The highest BCUT2D eigenvalue weighted by Crippen LogP contribution is 2.44. The van der Waals surface area contributed by atoms with Gasteiger partial charge in [0.15, 0.2) is 0 Å². The summed E-state index contributed by atoms with van der Waals surface area (Å²) in [5.41, 5.74) is 4.72. The van der Waals surface area contributed by atoms with Gasteiger partial charge in [0, 0.05) is 32.0 Å². The highest BCUT2D eigenvalue weighted by molar-refractivity contribution is 5.79. The molecule has 2 aromatic carbocycles. The molecule has 7 heteroatoms. The molecule has 0 saturated carbocycles. The van der Waals surface area contributed by atoms with E-state index in [1.54, 1.807) is 4.90 Å². The third kappa shape index (κ3) is 5.41. The lowest BCUT2D eigenvalue weighted by atomic mass is 9.97. The molecule has 1 aliphatic heterocycles. The van der Waals surface area contributed by atoms with Crippen LogP contribution in [0.1, 0.15) is 49.7 Å². The van der Waals surface area contributed by atoms with E-state index < -0.39 is 18.0 Å². The molecule has 2 aromatic rings. The van der Waals surface area contributed by atoms with Crippen LogP contribution in [0.4, 0.5) is 4.79 Å². The molecule has 0 aromatic heterocycles. The third-order valence-corrected chi connectivity index (χ3v) is 6.91. The maximum atomic E-state index is 12.5. The summed E-state index contributed by atoms with van der Waals surface area (Å²) in [4.78, 5) is 37.7. The van der Waals surface area contributed by atoms with Gasteiger partial charge < -0.3 is 20.1 Å². The quantitative estimate of drug-likeness (QED) is 0.608. The molecular weight excluding hydrogens is 432 g/mol. The molecule has 1 fully saturated rings. The van der Waals surface area contributed by atoms with Crippen LogP contribution >= 0.6 is 0 Å². The van der Waals surface area contributed by atoms with E-state index in [0.717, 1.165) is 6.42 Å². The van der Waals surface area contributed by atoms with Gasteiger partial charge in [0.25, 0.3) is 0 Å². The number of hydrogen-bond acceptors (Lipinski definition) is 4. The van der Waals surface area contributed by atoms with Crippen LogP contribution in [-0.2, 0) is 14.3 Å². The van der Waals surface area contributed by atoms with Crippen LogP contribution in [0.15, 0.2) is 48.5 Å². The van der Waals surface area contributed by atoms with E-state index in [1.165, 1.54) is 22.3 Å². The number of carbonyl (C=O) groups is 3. The average molecular weight is 465 g/mol. The molecule has 4 rings (SSSR count). The lowest BCUT2D eigenvalue weighted by Gasteiger charge is -2.31. The number of hydrogen-bond donors (Lipinski definition) is 2. The lowest BCUT2D eigenvalue weighted by Crippen LogP contribution is -2.42. The van der Waals surface area contributed by atoms with Crippen molar-refractivity contribution in [2.24, 2.45) is 11.8 Å². The Kier molecular flexibility index (Phi) is 7.50. The van der Waals surface area contributed by atoms with Gasteiger partial charge in [-0.1, -0.05) is 55.5 Å². The number of alkyl carbamates (subject to hydrolysis) is 1. The lowest BCUT2D eigenvalue weighted by molar-refractivity contribution is -0.145. The molecule has 2 N–H and O–H groups in total. The number of ether oxygens (including phenoxy) is 1. The Morgan fingerprint density at radius 1 is 1.09 bits per heavy atom. The van der Waals surface area contributed by atoms with Crippen LogP contribution in [-0.4, -0.2) is 54.2 Å². The number of aliphatic carboxylic acids is 1. The zero-order valence-electron chi connectivity index (χ0n) is 19.5. The van der Waals surface area contributed by atoms with Gasteiger partial charge in [-0.15, -0.1) is 0 Å². The number of likely N-dealkylation sites (tertiary alicyclic amines) is 1. The molecule has 34 heavy (non-hydrogen) atoms. The van der Waals surface area contributed by atoms with Crippen molar-refractivity contribution in [3.63, 3.8) is 0 Å². The van der Waals surface area contributed by atoms with Crippen LogP contribution in [0, 0.1) is 11.8 Å². The van der Waals surface area contributed by atoms with E-state index in [-0.39, 0.29) is 24.3 Å². The highest BCUT2D eigenvalue weighted by atomic mass is 16.5. The van der Waals surface area contributed by atoms with Crippen molar-refractivity contribution in [2.75, 3.05) is 26.2 Å². The molecule has 0 bridgehead atoms. The maximum Gasteiger partial charge on any atom is 0.407 e. The Hall–Kier alpha value is -3.35. The second kappa shape index (κ2) is 10.7. The highest BCUT2D eigenvalue weighted by Gasteiger charge is 2.29. The Balaban J connectivity index is 1.20. The van der Waals surface area contributed by atoms with E-state index in [4.69, 9.17) is 4.74 Å². The van der Waals surface area contributed by atoms with Crippen LogP contribution in [0.2, 0.25) is 0 Å². The van der Waals surface area contributed by atoms with Gasteiger partial charge in [-0.2, -0.15) is 0 Å². The maximum absolute atomic E-state index is 12.5. The first-order valence-corrected chi connectivity index (χ1v) is 12.0. The van der Waals surface area contributed by atoms with Crippen molar-refractivity contribution in [1.29, 1.82) is 0 Å². The minimum atomic E-state index is -0.835. The predicted octanol–water partition coefficient (Wildman–Crippen LogP) is 4.26. The first-order chi connectivity index (χ1) is 16.4. The first kappa shape index (κ1) is 23.8. The number of carboxylic acids is 1. The number of nitrogens with one attached hydrogen (secondary N) is 1. The number of piperidine rings is 1. The van der Waals surface area contributed by atoms with Crippen molar-refractivity contribution in [2.45, 2.75) is 38.5 Å². The zero-order chi connectivity index (χ0) is 24.1. The number of fused-ring (bicyclic) bond motifs is 3. The Morgan fingerprint density at radius 2 is 1.74 bits per heavy atom. The average Bonchev–Trinajstić information content (AvgIpc) is 3.18. The standard InChI is InChI=1S/C27H32N2O5/c1-18(12-13-25(30)29-14-6-7-19(16-29)26(31)32)15-28-27(33)34-17-24-22-10-4-2-8-20(22)21-9-3-5-11-23(21)24/h2-5,8-11,18-19,24H,6-7,12-17H2,1H3,(H,28,33)(H,31,32). The van der Waals surface area contributed by atoms with Gasteiger partial charge in [0.05, 0.1) is 5.92 Å².